The molecule has 0 atom stereocenters. The molecule has 7 nitrogen and oxygen atoms in total. The molecular formula is C17H11FN6OS3. The van der Waals surface area contributed by atoms with Gasteiger partial charge in [-0.1, -0.05) is 11.8 Å². The fourth-order valence-corrected chi connectivity index (χ4v) is 4.23. The smallest absolute Gasteiger partial charge is 0.277 e. The summed E-state index contributed by atoms with van der Waals surface area (Å²) in [7, 11) is 0. The van der Waals surface area contributed by atoms with Crippen molar-refractivity contribution in [2.45, 2.75) is 20.0 Å². The molecule has 0 radical (unpaired) electrons. The van der Waals surface area contributed by atoms with Crippen LogP contribution in [-0.2, 0) is 0 Å². The monoisotopic (exact) mass is 430 g/mol. The van der Waals surface area contributed by atoms with Crippen molar-refractivity contribution in [3.63, 3.8) is 0 Å². The number of pyridine rings is 1. The number of rotatable bonds is 6. The summed E-state index contributed by atoms with van der Waals surface area (Å²) in [6.07, 6.45) is 3.01. The van der Waals surface area contributed by atoms with E-state index in [1.165, 1.54) is 53.3 Å². The molecule has 1 aromatic carbocycles. The third-order valence-electron chi connectivity index (χ3n) is 3.34. The summed E-state index contributed by atoms with van der Waals surface area (Å²) >= 11 is 3.90. The Morgan fingerprint density at radius 1 is 1.11 bits per heavy atom. The zero-order valence-electron chi connectivity index (χ0n) is 14.0. The largest absolute Gasteiger partial charge is 0.296 e. The molecule has 1 amide bonds. The molecule has 0 aliphatic rings. The third-order valence-corrected chi connectivity index (χ3v) is 5.91. The highest BCUT2D eigenvalue weighted by Gasteiger charge is 2.17. The number of thiazole rings is 1. The summed E-state index contributed by atoms with van der Waals surface area (Å²) in [6.45, 7) is 0. The molecule has 0 aliphatic heterocycles. The lowest BCUT2D eigenvalue weighted by atomic mass is 10.3. The van der Waals surface area contributed by atoms with Gasteiger partial charge in [-0.2, -0.15) is 5.10 Å². The van der Waals surface area contributed by atoms with Gasteiger partial charge in [-0.3, -0.25) is 15.2 Å². The van der Waals surface area contributed by atoms with Crippen LogP contribution in [0.25, 0.3) is 0 Å². The minimum Gasteiger partial charge on any atom is -0.296 e. The van der Waals surface area contributed by atoms with Gasteiger partial charge in [-0.05, 0) is 48.2 Å². The van der Waals surface area contributed by atoms with E-state index in [1.807, 2.05) is 0 Å². The van der Waals surface area contributed by atoms with Crippen molar-refractivity contribution in [3.05, 3.63) is 65.8 Å². The predicted octanol–water partition coefficient (Wildman–Crippen LogP) is 4.35. The maximum Gasteiger partial charge on any atom is 0.277 e. The van der Waals surface area contributed by atoms with Crippen LogP contribution in [0.1, 0.15) is 10.5 Å². The van der Waals surface area contributed by atoms with Crippen LogP contribution >= 0.6 is 34.9 Å². The highest BCUT2D eigenvalue weighted by molar-refractivity contribution is 7.99. The van der Waals surface area contributed by atoms with Crippen LogP contribution in [0.2, 0.25) is 0 Å². The van der Waals surface area contributed by atoms with Crippen molar-refractivity contribution in [2.24, 2.45) is 0 Å². The van der Waals surface area contributed by atoms with Crippen LogP contribution in [0.5, 0.6) is 0 Å². The van der Waals surface area contributed by atoms with Gasteiger partial charge < -0.3 is 0 Å². The second-order valence-corrected chi connectivity index (χ2v) is 8.26. The van der Waals surface area contributed by atoms with E-state index in [2.05, 4.69) is 30.5 Å². The standard InChI is InChI=1S/C17H11FN6OS3/c18-10-1-3-11(4-2-10)27-12-5-6-13(28-17-20-9-21-24-17)22-14(12)15(25)23-16-19-7-8-26-16/h1-9H,(H,19,23,25)(H,20,21,24). The first-order valence-corrected chi connectivity index (χ1v) is 10.4. The normalized spacial score (nSPS) is 10.8. The number of carbonyl (C=O) groups is 1. The molecule has 28 heavy (non-hydrogen) atoms. The van der Waals surface area contributed by atoms with E-state index in [0.29, 0.717) is 20.2 Å². The van der Waals surface area contributed by atoms with Gasteiger partial charge >= 0.3 is 0 Å². The minimum absolute atomic E-state index is 0.244. The molecule has 4 rings (SSSR count). The highest BCUT2D eigenvalue weighted by Crippen LogP contribution is 2.33. The van der Waals surface area contributed by atoms with Gasteiger partial charge in [-0.25, -0.2) is 19.3 Å². The summed E-state index contributed by atoms with van der Waals surface area (Å²) in [5, 5.41) is 12.7. The molecule has 3 aromatic heterocycles. The molecule has 2 N–H and O–H groups in total. The number of hydrogen-bond acceptors (Lipinski definition) is 8. The van der Waals surface area contributed by atoms with E-state index in [1.54, 1.807) is 35.8 Å². The van der Waals surface area contributed by atoms with E-state index >= 15 is 0 Å². The van der Waals surface area contributed by atoms with Crippen LogP contribution in [0, 0.1) is 5.82 Å². The molecule has 0 spiro atoms. The van der Waals surface area contributed by atoms with Crippen LogP contribution in [0.4, 0.5) is 9.52 Å². The average molecular weight is 431 g/mol. The molecule has 0 unspecified atom stereocenters. The van der Waals surface area contributed by atoms with Crippen LogP contribution in [-0.4, -0.2) is 31.1 Å². The lowest BCUT2D eigenvalue weighted by Crippen LogP contribution is -2.15. The van der Waals surface area contributed by atoms with E-state index < -0.39 is 0 Å². The van der Waals surface area contributed by atoms with Gasteiger partial charge in [0.1, 0.15) is 22.9 Å². The zero-order chi connectivity index (χ0) is 19.3. The van der Waals surface area contributed by atoms with E-state index in [0.717, 1.165) is 4.90 Å². The van der Waals surface area contributed by atoms with Crippen LogP contribution in [0.15, 0.2) is 74.3 Å². The molecule has 4 aromatic rings. The number of amides is 1. The maximum absolute atomic E-state index is 13.2. The summed E-state index contributed by atoms with van der Waals surface area (Å²) in [5.41, 5.74) is 0.244. The molecule has 0 saturated heterocycles. The second-order valence-electron chi connectivity index (χ2n) is 5.24. The molecular weight excluding hydrogens is 419 g/mol. The summed E-state index contributed by atoms with van der Waals surface area (Å²) in [5.74, 6) is -0.692. The van der Waals surface area contributed by atoms with Gasteiger partial charge in [0.2, 0.25) is 0 Å². The van der Waals surface area contributed by atoms with Crippen molar-refractivity contribution < 1.29 is 9.18 Å². The lowest BCUT2D eigenvalue weighted by molar-refractivity contribution is 0.101. The average Bonchev–Trinajstić information content (AvgIpc) is 3.39. The molecule has 140 valence electrons. The molecule has 11 heteroatoms. The fourth-order valence-electron chi connectivity index (χ4n) is 2.14. The Morgan fingerprint density at radius 2 is 1.96 bits per heavy atom. The number of anilines is 1. The first-order chi connectivity index (χ1) is 13.7. The van der Waals surface area contributed by atoms with Crippen molar-refractivity contribution in [3.8, 4) is 0 Å². The number of hydrogen-bond donors (Lipinski definition) is 2. The number of halogens is 1. The van der Waals surface area contributed by atoms with Crippen LogP contribution < -0.4 is 5.32 Å². The summed E-state index contributed by atoms with van der Waals surface area (Å²) in [4.78, 5) is 26.9. The zero-order valence-corrected chi connectivity index (χ0v) is 16.4. The van der Waals surface area contributed by atoms with Crippen molar-refractivity contribution in [2.75, 3.05) is 5.32 Å². The van der Waals surface area contributed by atoms with Crippen molar-refractivity contribution in [1.82, 2.24) is 25.1 Å². The van der Waals surface area contributed by atoms with E-state index in [-0.39, 0.29) is 17.4 Å². The Hall–Kier alpha value is -2.76. The van der Waals surface area contributed by atoms with Gasteiger partial charge in [0.25, 0.3) is 5.91 Å². The molecule has 0 bridgehead atoms. The van der Waals surface area contributed by atoms with E-state index in [4.69, 9.17) is 0 Å². The van der Waals surface area contributed by atoms with Gasteiger partial charge in [0.05, 0.1) is 0 Å². The second kappa shape index (κ2) is 8.50. The Balaban J connectivity index is 1.64. The summed E-state index contributed by atoms with van der Waals surface area (Å²) < 4.78 is 13.2. The Morgan fingerprint density at radius 3 is 2.68 bits per heavy atom. The lowest BCUT2D eigenvalue weighted by Gasteiger charge is -2.10. The quantitative estimate of drug-likeness (QED) is 0.469. The molecule has 0 saturated carbocycles. The first kappa shape index (κ1) is 18.6. The molecule has 0 fully saturated rings. The highest BCUT2D eigenvalue weighted by atomic mass is 32.2. The van der Waals surface area contributed by atoms with Crippen LogP contribution in [0.3, 0.4) is 0 Å². The Bertz CT molecular complexity index is 1070. The van der Waals surface area contributed by atoms with Gasteiger partial charge in [-0.15, -0.1) is 11.3 Å². The third kappa shape index (κ3) is 4.55. The SMILES string of the molecule is O=C(Nc1nccs1)c1nc(Sc2ncn[nH]2)ccc1Sc1ccc(F)cc1. The number of nitrogens with zero attached hydrogens (tertiary/aromatic N) is 4. The van der Waals surface area contributed by atoms with Crippen molar-refractivity contribution >= 4 is 45.9 Å². The van der Waals surface area contributed by atoms with E-state index in [9.17, 15) is 9.18 Å². The van der Waals surface area contributed by atoms with Gasteiger partial charge in [0.15, 0.2) is 10.3 Å². The van der Waals surface area contributed by atoms with Crippen molar-refractivity contribution in [1.29, 1.82) is 0 Å². The number of carbonyl (C=O) groups excluding carboxylic acids is 1. The summed E-state index contributed by atoms with van der Waals surface area (Å²) in [6, 6.07) is 9.65. The number of nitrogens with one attached hydrogen (secondary N) is 2. The number of aromatic amines is 1. The fraction of sp³-hybridized carbons (Fsp3) is 0. The molecule has 0 aliphatic carbocycles. The first-order valence-electron chi connectivity index (χ1n) is 7.86. The minimum atomic E-state index is -0.375. The topological polar surface area (TPSA) is 96.5 Å². The number of H-pyrrole nitrogens is 1. The Labute approximate surface area is 171 Å². The number of aromatic nitrogens is 5. The maximum atomic E-state index is 13.2. The number of benzene rings is 1. The molecule has 3 heterocycles. The predicted molar refractivity (Wildman–Crippen MR) is 105 cm³/mol. The Kier molecular flexibility index (Phi) is 5.65. The van der Waals surface area contributed by atoms with Gasteiger partial charge in [0, 0.05) is 21.4 Å².